The Morgan fingerprint density at radius 3 is 2.61 bits per heavy atom. The molecule has 2 amide bonds. The van der Waals surface area contributed by atoms with Crippen LogP contribution in [-0.2, 0) is 16.1 Å². The number of pyridine rings is 1. The predicted molar refractivity (Wildman–Crippen MR) is 161 cm³/mol. The number of nitrogens with one attached hydrogen (secondary N) is 1. The molecule has 0 saturated carbocycles. The number of aromatic nitrogens is 1. The third-order valence-corrected chi connectivity index (χ3v) is 7.66. The highest BCUT2D eigenvalue weighted by Crippen LogP contribution is 2.29. The van der Waals surface area contributed by atoms with Gasteiger partial charge in [-0.25, -0.2) is 0 Å². The number of carbonyl (C=O) groups is 2. The van der Waals surface area contributed by atoms with Gasteiger partial charge in [-0.05, 0) is 76.1 Å². The molecule has 0 fully saturated rings. The SMILES string of the molecule is C[C@H](CO)N1C[C@H](C)[C@@H](CN(C)Cc2ccncc2)OCCCC[C@H](C)Oc2ccc(NC(=O)CCC(F)(F)F)cc2C1=O. The summed E-state index contributed by atoms with van der Waals surface area (Å²) in [4.78, 5) is 34.2. The number of alkyl halides is 3. The molecule has 3 rings (SSSR count). The van der Waals surface area contributed by atoms with E-state index in [2.05, 4.69) is 15.2 Å². The second kappa shape index (κ2) is 16.7. The molecule has 1 aliphatic rings. The van der Waals surface area contributed by atoms with E-state index in [1.165, 1.54) is 12.1 Å². The summed E-state index contributed by atoms with van der Waals surface area (Å²) in [5, 5.41) is 12.6. The first kappa shape index (κ1) is 35.3. The maximum atomic E-state index is 14.1. The molecule has 9 nitrogen and oxygen atoms in total. The van der Waals surface area contributed by atoms with Crippen molar-refractivity contribution in [1.29, 1.82) is 0 Å². The lowest BCUT2D eigenvalue weighted by atomic mass is 10.0. The predicted octanol–water partition coefficient (Wildman–Crippen LogP) is 5.29. The fraction of sp³-hybridized carbons (Fsp3) is 0.594. The molecule has 244 valence electrons. The van der Waals surface area contributed by atoms with Gasteiger partial charge in [-0.1, -0.05) is 6.92 Å². The van der Waals surface area contributed by atoms with Crippen molar-refractivity contribution in [3.63, 3.8) is 0 Å². The number of carbonyl (C=O) groups excluding carboxylic acids is 2. The van der Waals surface area contributed by atoms with Crippen molar-refractivity contribution < 1.29 is 37.3 Å². The Labute approximate surface area is 257 Å². The molecule has 44 heavy (non-hydrogen) atoms. The molecule has 0 bridgehead atoms. The lowest BCUT2D eigenvalue weighted by Gasteiger charge is -2.36. The van der Waals surface area contributed by atoms with Gasteiger partial charge in [-0.3, -0.25) is 19.5 Å². The van der Waals surface area contributed by atoms with Crippen LogP contribution in [0.25, 0.3) is 0 Å². The summed E-state index contributed by atoms with van der Waals surface area (Å²) < 4.78 is 50.5. The van der Waals surface area contributed by atoms with Gasteiger partial charge in [-0.2, -0.15) is 13.2 Å². The molecule has 2 heterocycles. The minimum atomic E-state index is -4.46. The molecule has 0 radical (unpaired) electrons. The minimum absolute atomic E-state index is 0.121. The summed E-state index contributed by atoms with van der Waals surface area (Å²) in [7, 11) is 2.01. The van der Waals surface area contributed by atoms with Crippen LogP contribution in [0.2, 0.25) is 0 Å². The molecule has 12 heteroatoms. The van der Waals surface area contributed by atoms with Gasteiger partial charge in [-0.15, -0.1) is 0 Å². The molecule has 4 atom stereocenters. The normalized spacial score (nSPS) is 21.2. The van der Waals surface area contributed by atoms with Crippen LogP contribution in [-0.4, -0.2) is 89.5 Å². The quantitative estimate of drug-likeness (QED) is 0.392. The van der Waals surface area contributed by atoms with Crippen molar-refractivity contribution in [3.05, 3.63) is 53.9 Å². The van der Waals surface area contributed by atoms with Gasteiger partial charge in [0.05, 0.1) is 36.8 Å². The Morgan fingerprint density at radius 1 is 1.20 bits per heavy atom. The first-order valence-corrected chi connectivity index (χ1v) is 15.1. The van der Waals surface area contributed by atoms with E-state index in [9.17, 15) is 27.9 Å². The summed E-state index contributed by atoms with van der Waals surface area (Å²) in [6.07, 6.45) is -0.977. The first-order chi connectivity index (χ1) is 20.9. The third kappa shape index (κ3) is 11.4. The van der Waals surface area contributed by atoms with E-state index < -0.39 is 36.9 Å². The van der Waals surface area contributed by atoms with Crippen molar-refractivity contribution in [2.24, 2.45) is 5.92 Å². The van der Waals surface area contributed by atoms with Gasteiger partial charge in [0, 0.05) is 56.7 Å². The first-order valence-electron chi connectivity index (χ1n) is 15.1. The molecule has 2 aromatic rings. The van der Waals surface area contributed by atoms with Gasteiger partial charge in [0.15, 0.2) is 0 Å². The minimum Gasteiger partial charge on any atom is -0.490 e. The highest BCUT2D eigenvalue weighted by Gasteiger charge is 2.31. The topological polar surface area (TPSA) is 104 Å². The number of ether oxygens (including phenoxy) is 2. The summed E-state index contributed by atoms with van der Waals surface area (Å²) in [6.45, 7) is 7.51. The Bertz CT molecular complexity index is 1200. The van der Waals surface area contributed by atoms with E-state index in [1.54, 1.807) is 30.3 Å². The highest BCUT2D eigenvalue weighted by atomic mass is 19.4. The molecule has 1 aliphatic heterocycles. The number of likely N-dealkylation sites (N-methyl/N-ethyl adjacent to an activating group) is 1. The lowest BCUT2D eigenvalue weighted by Crippen LogP contribution is -2.47. The van der Waals surface area contributed by atoms with Gasteiger partial charge < -0.3 is 24.8 Å². The molecule has 0 spiro atoms. The summed E-state index contributed by atoms with van der Waals surface area (Å²) in [5.74, 6) is -1.05. The fourth-order valence-corrected chi connectivity index (χ4v) is 5.11. The van der Waals surface area contributed by atoms with E-state index in [4.69, 9.17) is 9.47 Å². The fourth-order valence-electron chi connectivity index (χ4n) is 5.11. The summed E-state index contributed by atoms with van der Waals surface area (Å²) in [6, 6.07) is 7.87. The number of amides is 2. The zero-order valence-corrected chi connectivity index (χ0v) is 26.0. The van der Waals surface area contributed by atoms with Gasteiger partial charge in [0.2, 0.25) is 5.91 Å². The Morgan fingerprint density at radius 2 is 1.93 bits per heavy atom. The van der Waals surface area contributed by atoms with E-state index in [-0.39, 0.29) is 42.5 Å². The van der Waals surface area contributed by atoms with Crippen LogP contribution in [0.4, 0.5) is 18.9 Å². The van der Waals surface area contributed by atoms with Gasteiger partial charge in [0.25, 0.3) is 5.91 Å². The Hall–Kier alpha value is -3.22. The molecule has 1 aromatic heterocycles. The summed E-state index contributed by atoms with van der Waals surface area (Å²) >= 11 is 0. The molecule has 2 N–H and O–H groups in total. The van der Waals surface area contributed by atoms with E-state index in [0.717, 1.165) is 18.4 Å². The third-order valence-electron chi connectivity index (χ3n) is 7.66. The van der Waals surface area contributed by atoms with Crippen molar-refractivity contribution in [2.75, 3.05) is 38.7 Å². The largest absolute Gasteiger partial charge is 0.490 e. The number of hydrogen-bond donors (Lipinski definition) is 2. The Kier molecular flexibility index (Phi) is 13.4. The number of aliphatic hydroxyl groups is 1. The van der Waals surface area contributed by atoms with Crippen LogP contribution in [0.15, 0.2) is 42.7 Å². The van der Waals surface area contributed by atoms with E-state index in [0.29, 0.717) is 31.9 Å². The van der Waals surface area contributed by atoms with Crippen LogP contribution < -0.4 is 10.1 Å². The summed E-state index contributed by atoms with van der Waals surface area (Å²) in [5.41, 5.74) is 1.46. The maximum Gasteiger partial charge on any atom is 0.389 e. The van der Waals surface area contributed by atoms with E-state index >= 15 is 0 Å². The van der Waals surface area contributed by atoms with Gasteiger partial charge >= 0.3 is 6.18 Å². The second-order valence-electron chi connectivity index (χ2n) is 11.7. The van der Waals surface area contributed by atoms with Crippen LogP contribution in [0.5, 0.6) is 5.75 Å². The number of nitrogens with zero attached hydrogens (tertiary/aromatic N) is 3. The molecule has 0 saturated heterocycles. The van der Waals surface area contributed by atoms with Crippen LogP contribution in [0.3, 0.4) is 0 Å². The number of hydrogen-bond acceptors (Lipinski definition) is 7. The van der Waals surface area contributed by atoms with Crippen molar-refractivity contribution in [1.82, 2.24) is 14.8 Å². The molecular formula is C32H45F3N4O5. The van der Waals surface area contributed by atoms with Crippen LogP contribution in [0.1, 0.15) is 68.8 Å². The van der Waals surface area contributed by atoms with Crippen molar-refractivity contribution >= 4 is 17.5 Å². The molecule has 1 aromatic carbocycles. The second-order valence-corrected chi connectivity index (χ2v) is 11.7. The smallest absolute Gasteiger partial charge is 0.389 e. The van der Waals surface area contributed by atoms with Crippen molar-refractivity contribution in [3.8, 4) is 5.75 Å². The lowest BCUT2D eigenvalue weighted by molar-refractivity contribution is -0.142. The highest BCUT2D eigenvalue weighted by molar-refractivity contribution is 5.99. The van der Waals surface area contributed by atoms with Crippen molar-refractivity contribution in [2.45, 2.75) is 83.8 Å². The van der Waals surface area contributed by atoms with Gasteiger partial charge in [0.1, 0.15) is 5.75 Å². The molecule has 0 aliphatic carbocycles. The number of aliphatic hydroxyl groups excluding tert-OH is 1. The average molecular weight is 623 g/mol. The number of halogens is 3. The number of rotatable bonds is 9. The zero-order valence-electron chi connectivity index (χ0n) is 26.0. The maximum absolute atomic E-state index is 14.1. The van der Waals surface area contributed by atoms with Crippen LogP contribution in [0, 0.1) is 5.92 Å². The number of benzene rings is 1. The monoisotopic (exact) mass is 622 g/mol. The Balaban J connectivity index is 1.89. The average Bonchev–Trinajstić information content (AvgIpc) is 2.97. The molecule has 0 unspecified atom stereocenters. The standard InChI is InChI=1S/C32H45F3N4O5/c1-22-18-39(23(2)21-40)31(42)27-17-26(37-30(41)10-13-32(33,34)35)8-9-28(27)44-24(3)7-5-6-16-43-29(22)20-38(4)19-25-11-14-36-15-12-25/h8-9,11-12,14-15,17,22-24,29,40H,5-7,10,13,16,18-21H2,1-4H3,(H,37,41)/t22-,23+,24-,29+/m0/s1. The zero-order chi connectivity index (χ0) is 32.3. The molecular weight excluding hydrogens is 577 g/mol. The van der Waals surface area contributed by atoms with E-state index in [1.807, 2.05) is 33.0 Å². The number of anilines is 1. The van der Waals surface area contributed by atoms with Crippen LogP contribution >= 0.6 is 0 Å². The number of fused-ring (bicyclic) bond motifs is 1.